The van der Waals surface area contributed by atoms with Crippen LogP contribution in [0.15, 0.2) is 72.8 Å². The van der Waals surface area contributed by atoms with Crippen molar-refractivity contribution in [1.29, 1.82) is 0 Å². The Labute approximate surface area is 137 Å². The van der Waals surface area contributed by atoms with Gasteiger partial charge in [-0.2, -0.15) is 0 Å². The van der Waals surface area contributed by atoms with Crippen LogP contribution in [0.5, 0.6) is 0 Å². The van der Waals surface area contributed by atoms with Crippen LogP contribution in [-0.4, -0.2) is 6.67 Å². The molecule has 2 nitrogen and oxygen atoms in total. The minimum Gasteiger partial charge on any atom is -0.321 e. The molecule has 3 aromatic rings. The van der Waals surface area contributed by atoms with E-state index in [1.807, 2.05) is 0 Å². The second-order valence-corrected chi connectivity index (χ2v) is 6.17. The van der Waals surface area contributed by atoms with Gasteiger partial charge in [0.05, 0.1) is 11.4 Å². The van der Waals surface area contributed by atoms with Gasteiger partial charge >= 0.3 is 0 Å². The van der Waals surface area contributed by atoms with Crippen LogP contribution in [0.4, 0.5) is 22.7 Å². The lowest BCUT2D eigenvalue weighted by molar-refractivity contribution is 0.989. The Bertz CT molecular complexity index is 819. The third kappa shape index (κ3) is 2.46. The number of aryl methyl sites for hydroxylation is 2. The summed E-state index contributed by atoms with van der Waals surface area (Å²) in [5.74, 6) is 0. The maximum Gasteiger partial charge on any atom is 0.100 e. The lowest BCUT2D eigenvalue weighted by atomic mass is 10.1. The average molecular weight is 300 g/mol. The quantitative estimate of drug-likeness (QED) is 0.612. The topological polar surface area (TPSA) is 6.48 Å². The van der Waals surface area contributed by atoms with E-state index in [9.17, 15) is 0 Å². The summed E-state index contributed by atoms with van der Waals surface area (Å²) in [7, 11) is 0. The summed E-state index contributed by atoms with van der Waals surface area (Å²) in [5, 5.41) is 0. The SMILES string of the molecule is Cc1cc(C)cc(N2CN(c3ccccc3)c3ccccc32)c1. The van der Waals surface area contributed by atoms with Crippen molar-refractivity contribution < 1.29 is 0 Å². The van der Waals surface area contributed by atoms with Crippen molar-refractivity contribution in [2.45, 2.75) is 13.8 Å². The second-order valence-electron chi connectivity index (χ2n) is 6.17. The number of benzene rings is 3. The first kappa shape index (κ1) is 13.9. The Morgan fingerprint density at radius 3 is 1.74 bits per heavy atom. The predicted octanol–water partition coefficient (Wildman–Crippen LogP) is 5.55. The molecule has 0 amide bonds. The number of anilines is 4. The summed E-state index contributed by atoms with van der Waals surface area (Å²) in [4.78, 5) is 4.76. The molecular weight excluding hydrogens is 280 g/mol. The van der Waals surface area contributed by atoms with Gasteiger partial charge in [0.15, 0.2) is 0 Å². The molecule has 0 N–H and O–H groups in total. The Hall–Kier alpha value is -2.74. The summed E-state index contributed by atoms with van der Waals surface area (Å²) in [6.07, 6.45) is 0. The number of nitrogens with zero attached hydrogens (tertiary/aromatic N) is 2. The average Bonchev–Trinajstić information content (AvgIpc) is 2.94. The maximum absolute atomic E-state index is 2.39. The van der Waals surface area contributed by atoms with Crippen molar-refractivity contribution in [3.05, 3.63) is 83.9 Å². The zero-order chi connectivity index (χ0) is 15.8. The molecule has 0 atom stereocenters. The van der Waals surface area contributed by atoms with Gasteiger partial charge in [-0.1, -0.05) is 36.4 Å². The van der Waals surface area contributed by atoms with E-state index < -0.39 is 0 Å². The van der Waals surface area contributed by atoms with Crippen molar-refractivity contribution >= 4 is 22.7 Å². The fraction of sp³-hybridized carbons (Fsp3) is 0.143. The van der Waals surface area contributed by atoms with Crippen molar-refractivity contribution in [2.24, 2.45) is 0 Å². The molecule has 1 aliphatic heterocycles. The molecule has 0 saturated carbocycles. The van der Waals surface area contributed by atoms with Gasteiger partial charge in [-0.3, -0.25) is 0 Å². The Balaban J connectivity index is 1.81. The number of hydrogen-bond donors (Lipinski definition) is 0. The van der Waals surface area contributed by atoms with E-state index in [-0.39, 0.29) is 0 Å². The van der Waals surface area contributed by atoms with Crippen LogP contribution < -0.4 is 9.80 Å². The Kier molecular flexibility index (Phi) is 3.30. The van der Waals surface area contributed by atoms with E-state index in [0.717, 1.165) is 6.67 Å². The van der Waals surface area contributed by atoms with Gasteiger partial charge in [0, 0.05) is 11.4 Å². The van der Waals surface area contributed by atoms with Crippen LogP contribution in [0.2, 0.25) is 0 Å². The first-order valence-corrected chi connectivity index (χ1v) is 8.00. The summed E-state index contributed by atoms with van der Waals surface area (Å²) in [6, 6.07) is 26.0. The van der Waals surface area contributed by atoms with Gasteiger partial charge < -0.3 is 9.80 Å². The molecule has 0 fully saturated rings. The molecule has 23 heavy (non-hydrogen) atoms. The standard InChI is InChI=1S/C21H20N2/c1-16-12-17(2)14-19(13-16)23-15-22(18-8-4-3-5-9-18)20-10-6-7-11-21(20)23/h3-14H,15H2,1-2H3. The molecule has 0 bridgehead atoms. The first-order valence-electron chi connectivity index (χ1n) is 8.00. The normalized spacial score (nSPS) is 13.3. The van der Waals surface area contributed by atoms with E-state index in [0.29, 0.717) is 0 Å². The zero-order valence-electron chi connectivity index (χ0n) is 13.5. The highest BCUT2D eigenvalue weighted by molar-refractivity contribution is 5.86. The van der Waals surface area contributed by atoms with Crippen molar-refractivity contribution in [1.82, 2.24) is 0 Å². The van der Waals surface area contributed by atoms with Crippen molar-refractivity contribution in [3.63, 3.8) is 0 Å². The predicted molar refractivity (Wildman–Crippen MR) is 97.9 cm³/mol. The van der Waals surface area contributed by atoms with Crippen LogP contribution in [0.25, 0.3) is 0 Å². The second kappa shape index (κ2) is 5.47. The highest BCUT2D eigenvalue weighted by Crippen LogP contribution is 2.44. The molecule has 114 valence electrons. The molecule has 0 spiro atoms. The molecule has 3 aromatic carbocycles. The maximum atomic E-state index is 2.39. The van der Waals surface area contributed by atoms with Gasteiger partial charge in [0.25, 0.3) is 0 Å². The lowest BCUT2D eigenvalue weighted by Gasteiger charge is -2.22. The van der Waals surface area contributed by atoms with Crippen LogP contribution in [0.3, 0.4) is 0 Å². The highest BCUT2D eigenvalue weighted by atomic mass is 15.4. The van der Waals surface area contributed by atoms with E-state index in [4.69, 9.17) is 0 Å². The lowest BCUT2D eigenvalue weighted by Crippen LogP contribution is -2.24. The largest absolute Gasteiger partial charge is 0.321 e. The summed E-state index contributed by atoms with van der Waals surface area (Å²) >= 11 is 0. The number of fused-ring (bicyclic) bond motifs is 1. The molecule has 4 rings (SSSR count). The van der Waals surface area contributed by atoms with Gasteiger partial charge in [-0.25, -0.2) is 0 Å². The molecule has 2 heteroatoms. The molecule has 0 saturated heterocycles. The van der Waals surface area contributed by atoms with Crippen LogP contribution in [0, 0.1) is 13.8 Å². The smallest absolute Gasteiger partial charge is 0.100 e. The van der Waals surface area contributed by atoms with Gasteiger partial charge in [-0.05, 0) is 61.4 Å². The molecule has 0 radical (unpaired) electrons. The number of rotatable bonds is 2. The molecule has 1 heterocycles. The Morgan fingerprint density at radius 1 is 0.609 bits per heavy atom. The summed E-state index contributed by atoms with van der Waals surface area (Å²) in [6.45, 7) is 5.16. The molecule has 0 unspecified atom stereocenters. The Morgan fingerprint density at radius 2 is 1.13 bits per heavy atom. The van der Waals surface area contributed by atoms with Gasteiger partial charge in [0.1, 0.15) is 6.67 Å². The monoisotopic (exact) mass is 300 g/mol. The van der Waals surface area contributed by atoms with Crippen LogP contribution in [-0.2, 0) is 0 Å². The third-order valence-electron chi connectivity index (χ3n) is 4.33. The molecular formula is C21H20N2. The van der Waals surface area contributed by atoms with E-state index >= 15 is 0 Å². The van der Waals surface area contributed by atoms with E-state index in [1.54, 1.807) is 0 Å². The van der Waals surface area contributed by atoms with Crippen LogP contribution in [0.1, 0.15) is 11.1 Å². The molecule has 0 aliphatic carbocycles. The van der Waals surface area contributed by atoms with Crippen molar-refractivity contribution in [2.75, 3.05) is 16.5 Å². The third-order valence-corrected chi connectivity index (χ3v) is 4.33. The zero-order valence-corrected chi connectivity index (χ0v) is 13.5. The van der Waals surface area contributed by atoms with Gasteiger partial charge in [0.2, 0.25) is 0 Å². The van der Waals surface area contributed by atoms with Crippen LogP contribution >= 0.6 is 0 Å². The number of hydrogen-bond acceptors (Lipinski definition) is 2. The minimum atomic E-state index is 0.840. The fourth-order valence-corrected chi connectivity index (χ4v) is 3.37. The summed E-state index contributed by atoms with van der Waals surface area (Å²) in [5.41, 5.74) is 7.62. The number of para-hydroxylation sites is 3. The minimum absolute atomic E-state index is 0.840. The van der Waals surface area contributed by atoms with E-state index in [2.05, 4.69) is 96.4 Å². The fourth-order valence-electron chi connectivity index (χ4n) is 3.37. The van der Waals surface area contributed by atoms with Crippen molar-refractivity contribution in [3.8, 4) is 0 Å². The first-order chi connectivity index (χ1) is 11.2. The molecule has 0 aromatic heterocycles. The van der Waals surface area contributed by atoms with Gasteiger partial charge in [-0.15, -0.1) is 0 Å². The summed E-state index contributed by atoms with van der Waals surface area (Å²) < 4.78 is 0. The highest BCUT2D eigenvalue weighted by Gasteiger charge is 2.27. The van der Waals surface area contributed by atoms with E-state index in [1.165, 1.54) is 33.9 Å². The molecule has 1 aliphatic rings.